The Balaban J connectivity index is 1.38. The standard InChI is InChI=1S/C28H22O7/c1-4-32-19-10-12-23-22(14-19)26(16(2)33-23)28(30)34-20-9-11-21-24(15-20)35-25(27(21)29)13-17-5-7-18(31-3)8-6-17/h5-15H,4H2,1-3H3. The van der Waals surface area contributed by atoms with Gasteiger partial charge in [0.1, 0.15) is 39.9 Å². The molecule has 0 radical (unpaired) electrons. The zero-order valence-electron chi connectivity index (χ0n) is 19.4. The number of carbonyl (C=O) groups excluding carboxylic acids is 2. The van der Waals surface area contributed by atoms with Crippen molar-refractivity contribution < 1.29 is 33.0 Å². The molecule has 0 unspecified atom stereocenters. The van der Waals surface area contributed by atoms with Gasteiger partial charge in [0.2, 0.25) is 5.78 Å². The van der Waals surface area contributed by atoms with Crippen molar-refractivity contribution in [1.82, 2.24) is 0 Å². The van der Waals surface area contributed by atoms with Gasteiger partial charge in [-0.2, -0.15) is 0 Å². The maximum absolute atomic E-state index is 13.0. The second kappa shape index (κ2) is 9.02. The highest BCUT2D eigenvalue weighted by atomic mass is 16.5. The molecule has 4 aromatic rings. The van der Waals surface area contributed by atoms with E-state index in [1.54, 1.807) is 62.6 Å². The number of rotatable bonds is 6. The van der Waals surface area contributed by atoms with Crippen molar-refractivity contribution in [2.24, 2.45) is 0 Å². The summed E-state index contributed by atoms with van der Waals surface area (Å²) in [5, 5.41) is 0.607. The lowest BCUT2D eigenvalue weighted by molar-refractivity contribution is 0.0734. The number of fused-ring (bicyclic) bond motifs is 2. The van der Waals surface area contributed by atoms with Gasteiger partial charge in [-0.05, 0) is 68.0 Å². The van der Waals surface area contributed by atoms with E-state index in [1.165, 1.54) is 6.07 Å². The fourth-order valence-corrected chi connectivity index (χ4v) is 3.95. The van der Waals surface area contributed by atoms with Gasteiger partial charge in [-0.3, -0.25) is 4.79 Å². The quantitative estimate of drug-likeness (QED) is 0.195. The number of hydrogen-bond acceptors (Lipinski definition) is 7. The Labute approximate surface area is 201 Å². The maximum Gasteiger partial charge on any atom is 0.347 e. The Morgan fingerprint density at radius 1 is 0.971 bits per heavy atom. The van der Waals surface area contributed by atoms with Gasteiger partial charge in [0.25, 0.3) is 0 Å². The molecule has 7 heteroatoms. The molecule has 0 aliphatic carbocycles. The van der Waals surface area contributed by atoms with Crippen LogP contribution in [0.25, 0.3) is 17.0 Å². The maximum atomic E-state index is 13.0. The molecule has 7 nitrogen and oxygen atoms in total. The number of ketones is 1. The Morgan fingerprint density at radius 2 is 1.71 bits per heavy atom. The second-order valence-corrected chi connectivity index (χ2v) is 7.88. The molecule has 5 rings (SSSR count). The van der Waals surface area contributed by atoms with Gasteiger partial charge in [0, 0.05) is 11.5 Å². The van der Waals surface area contributed by atoms with E-state index in [9.17, 15) is 9.59 Å². The van der Waals surface area contributed by atoms with E-state index in [1.807, 2.05) is 19.1 Å². The van der Waals surface area contributed by atoms with Crippen LogP contribution in [0.4, 0.5) is 0 Å². The fourth-order valence-electron chi connectivity index (χ4n) is 3.95. The van der Waals surface area contributed by atoms with Gasteiger partial charge in [0.05, 0.1) is 19.3 Å². The molecule has 0 fully saturated rings. The van der Waals surface area contributed by atoms with Crippen molar-refractivity contribution in [3.8, 4) is 23.0 Å². The molecule has 0 bridgehead atoms. The van der Waals surface area contributed by atoms with Crippen LogP contribution in [-0.4, -0.2) is 25.5 Å². The van der Waals surface area contributed by atoms with Crippen LogP contribution in [0.15, 0.2) is 70.8 Å². The van der Waals surface area contributed by atoms with E-state index in [0.717, 1.165) is 11.3 Å². The smallest absolute Gasteiger partial charge is 0.347 e. The predicted octanol–water partition coefficient (Wildman–Crippen LogP) is 5.98. The molecule has 2 heterocycles. The van der Waals surface area contributed by atoms with Crippen LogP contribution < -0.4 is 18.9 Å². The first-order valence-corrected chi connectivity index (χ1v) is 11.1. The van der Waals surface area contributed by atoms with Gasteiger partial charge < -0.3 is 23.4 Å². The number of furan rings is 1. The third-order valence-corrected chi connectivity index (χ3v) is 5.62. The minimum atomic E-state index is -0.576. The summed E-state index contributed by atoms with van der Waals surface area (Å²) in [6, 6.07) is 17.2. The monoisotopic (exact) mass is 470 g/mol. The third-order valence-electron chi connectivity index (χ3n) is 5.62. The molecule has 0 spiro atoms. The summed E-state index contributed by atoms with van der Waals surface area (Å²) in [5.74, 6) is 1.74. The van der Waals surface area contributed by atoms with Crippen molar-refractivity contribution in [3.05, 3.63) is 88.9 Å². The second-order valence-electron chi connectivity index (χ2n) is 7.88. The number of carbonyl (C=O) groups is 2. The lowest BCUT2D eigenvalue weighted by atomic mass is 10.1. The molecule has 0 N–H and O–H groups in total. The normalized spacial score (nSPS) is 13.6. The Bertz CT molecular complexity index is 1480. The van der Waals surface area contributed by atoms with Crippen molar-refractivity contribution in [2.75, 3.05) is 13.7 Å². The first-order chi connectivity index (χ1) is 17.0. The number of hydrogen-bond donors (Lipinski definition) is 0. The Morgan fingerprint density at radius 3 is 2.46 bits per heavy atom. The first-order valence-electron chi connectivity index (χ1n) is 11.1. The van der Waals surface area contributed by atoms with Gasteiger partial charge in [-0.15, -0.1) is 0 Å². The number of Topliss-reactive ketones (excluding diaryl/α,β-unsaturated/α-hetero) is 1. The number of ether oxygens (including phenoxy) is 4. The summed E-state index contributed by atoms with van der Waals surface area (Å²) in [6.45, 7) is 4.10. The summed E-state index contributed by atoms with van der Waals surface area (Å²) in [6.07, 6.45) is 1.66. The zero-order valence-corrected chi connectivity index (χ0v) is 19.4. The molecule has 0 atom stereocenters. The molecule has 0 saturated heterocycles. The lowest BCUT2D eigenvalue weighted by Gasteiger charge is -2.06. The first kappa shape index (κ1) is 22.3. The van der Waals surface area contributed by atoms with E-state index in [2.05, 4.69) is 0 Å². The van der Waals surface area contributed by atoms with Crippen LogP contribution in [0.3, 0.4) is 0 Å². The molecule has 1 aliphatic rings. The Kier molecular flexibility index (Phi) is 5.74. The number of allylic oxidation sites excluding steroid dienone is 1. The fraction of sp³-hybridized carbons (Fsp3) is 0.143. The van der Waals surface area contributed by atoms with E-state index < -0.39 is 5.97 Å². The average Bonchev–Trinajstić information content (AvgIpc) is 3.34. The van der Waals surface area contributed by atoms with Crippen LogP contribution >= 0.6 is 0 Å². The average molecular weight is 470 g/mol. The molecule has 3 aromatic carbocycles. The topological polar surface area (TPSA) is 84.2 Å². The van der Waals surface area contributed by atoms with Crippen LogP contribution in [0.1, 0.15) is 39.0 Å². The summed E-state index contributed by atoms with van der Waals surface area (Å²) >= 11 is 0. The van der Waals surface area contributed by atoms with Crippen LogP contribution in [0, 0.1) is 6.92 Å². The largest absolute Gasteiger partial charge is 0.497 e. The number of benzene rings is 3. The summed E-state index contributed by atoms with van der Waals surface area (Å²) in [5.41, 5.74) is 2.08. The van der Waals surface area contributed by atoms with Gasteiger partial charge in [-0.25, -0.2) is 4.79 Å². The van der Waals surface area contributed by atoms with Crippen molar-refractivity contribution >= 4 is 28.8 Å². The van der Waals surface area contributed by atoms with E-state index >= 15 is 0 Å². The van der Waals surface area contributed by atoms with E-state index in [0.29, 0.717) is 46.0 Å². The number of methoxy groups -OCH3 is 1. The lowest BCUT2D eigenvalue weighted by Crippen LogP contribution is -2.09. The summed E-state index contributed by atoms with van der Waals surface area (Å²) < 4.78 is 27.8. The molecular formula is C28H22O7. The summed E-state index contributed by atoms with van der Waals surface area (Å²) in [4.78, 5) is 25.8. The van der Waals surface area contributed by atoms with Gasteiger partial charge in [0.15, 0.2) is 5.76 Å². The summed E-state index contributed by atoms with van der Waals surface area (Å²) in [7, 11) is 1.59. The van der Waals surface area contributed by atoms with Crippen molar-refractivity contribution in [2.45, 2.75) is 13.8 Å². The van der Waals surface area contributed by atoms with E-state index in [4.69, 9.17) is 23.4 Å². The van der Waals surface area contributed by atoms with Gasteiger partial charge >= 0.3 is 5.97 Å². The van der Waals surface area contributed by atoms with Crippen molar-refractivity contribution in [1.29, 1.82) is 0 Å². The molecule has 0 saturated carbocycles. The zero-order chi connectivity index (χ0) is 24.5. The minimum absolute atomic E-state index is 0.189. The third kappa shape index (κ3) is 4.24. The number of esters is 1. The van der Waals surface area contributed by atoms with Crippen molar-refractivity contribution in [3.63, 3.8) is 0 Å². The van der Waals surface area contributed by atoms with E-state index in [-0.39, 0.29) is 17.3 Å². The molecule has 176 valence electrons. The SMILES string of the molecule is CCOc1ccc2oc(C)c(C(=O)Oc3ccc4c(c3)OC(=Cc3ccc(OC)cc3)C4=O)c2c1. The highest BCUT2D eigenvalue weighted by Crippen LogP contribution is 2.36. The van der Waals surface area contributed by atoms with Crippen LogP contribution in [0.5, 0.6) is 23.0 Å². The molecule has 0 amide bonds. The van der Waals surface area contributed by atoms with Gasteiger partial charge in [-0.1, -0.05) is 12.1 Å². The highest BCUT2D eigenvalue weighted by Gasteiger charge is 2.28. The predicted molar refractivity (Wildman–Crippen MR) is 129 cm³/mol. The molecule has 35 heavy (non-hydrogen) atoms. The molecule has 1 aromatic heterocycles. The highest BCUT2D eigenvalue weighted by molar-refractivity contribution is 6.14. The van der Waals surface area contributed by atoms with Crippen LogP contribution in [0.2, 0.25) is 0 Å². The number of aryl methyl sites for hydroxylation is 1. The molecular weight excluding hydrogens is 448 g/mol. The van der Waals surface area contributed by atoms with Crippen LogP contribution in [-0.2, 0) is 0 Å². The molecule has 1 aliphatic heterocycles. The minimum Gasteiger partial charge on any atom is -0.497 e. The Hall–Kier alpha value is -4.52.